The fourth-order valence-electron chi connectivity index (χ4n) is 1.82. The molecule has 2 aromatic carbocycles. The van der Waals surface area contributed by atoms with Gasteiger partial charge in [-0.3, -0.25) is 14.4 Å². The van der Waals surface area contributed by atoms with Crippen molar-refractivity contribution in [1.82, 2.24) is 0 Å². The summed E-state index contributed by atoms with van der Waals surface area (Å²) in [4.78, 5) is 32.3. The van der Waals surface area contributed by atoms with Crippen LogP contribution in [0.25, 0.3) is 0 Å². The molecular formula is C16H14N2O3. The van der Waals surface area contributed by atoms with Crippen molar-refractivity contribution in [3.05, 3.63) is 60.2 Å². The number of hydrogen-bond donors (Lipinski definition) is 2. The van der Waals surface area contributed by atoms with Gasteiger partial charge in [0.2, 0.25) is 5.91 Å². The van der Waals surface area contributed by atoms with Crippen molar-refractivity contribution in [2.75, 3.05) is 10.6 Å². The number of hydrogen-bond acceptors (Lipinski definition) is 3. The van der Waals surface area contributed by atoms with Gasteiger partial charge in [0.1, 0.15) is 0 Å². The zero-order chi connectivity index (χ0) is 15.2. The van der Waals surface area contributed by atoms with Gasteiger partial charge in [-0.2, -0.15) is 0 Å². The molecule has 21 heavy (non-hydrogen) atoms. The van der Waals surface area contributed by atoms with Crippen LogP contribution in [-0.2, 0) is 9.59 Å². The number of fused-ring (bicyclic) bond motifs is 1. The normalized spacial score (nSPS) is 11.9. The number of nitrogens with one attached hydrogen (secondary N) is 2. The van der Waals surface area contributed by atoms with E-state index in [1.165, 1.54) is 6.92 Å². The summed E-state index contributed by atoms with van der Waals surface area (Å²) >= 11 is 0. The van der Waals surface area contributed by atoms with E-state index < -0.39 is 11.7 Å². The lowest BCUT2D eigenvalue weighted by Crippen LogP contribution is -2.12. The summed E-state index contributed by atoms with van der Waals surface area (Å²) in [7, 11) is 0. The monoisotopic (exact) mass is 282 g/mol. The number of carbonyl (C=O) groups is 3. The van der Waals surface area contributed by atoms with Crippen molar-refractivity contribution in [2.24, 2.45) is 0 Å². The Morgan fingerprint density at radius 2 is 1.57 bits per heavy atom. The van der Waals surface area contributed by atoms with Gasteiger partial charge in [0.15, 0.2) is 0 Å². The SMILES string of the molecule is CC(=O)Nc1ccccc1.O=C1Nc2ccccc2C1=O. The van der Waals surface area contributed by atoms with Crippen LogP contribution in [0.4, 0.5) is 11.4 Å². The van der Waals surface area contributed by atoms with E-state index in [2.05, 4.69) is 10.6 Å². The molecule has 0 aromatic heterocycles. The molecular weight excluding hydrogens is 268 g/mol. The average Bonchev–Trinajstić information content (AvgIpc) is 2.76. The molecule has 3 rings (SSSR count). The molecule has 5 nitrogen and oxygen atoms in total. The fraction of sp³-hybridized carbons (Fsp3) is 0.0625. The zero-order valence-corrected chi connectivity index (χ0v) is 11.4. The van der Waals surface area contributed by atoms with E-state index in [0.29, 0.717) is 11.3 Å². The molecule has 0 spiro atoms. The summed E-state index contributed by atoms with van der Waals surface area (Å²) in [6.07, 6.45) is 0. The lowest BCUT2D eigenvalue weighted by atomic mass is 10.1. The molecule has 0 radical (unpaired) electrons. The lowest BCUT2D eigenvalue weighted by molar-refractivity contribution is -0.114. The summed E-state index contributed by atoms with van der Waals surface area (Å²) in [5, 5.41) is 5.12. The Bertz CT molecular complexity index is 681. The third kappa shape index (κ3) is 3.76. The van der Waals surface area contributed by atoms with Crippen molar-refractivity contribution in [2.45, 2.75) is 6.92 Å². The average molecular weight is 282 g/mol. The minimum atomic E-state index is -0.536. The number of ketones is 1. The second-order valence-electron chi connectivity index (χ2n) is 4.38. The van der Waals surface area contributed by atoms with Gasteiger partial charge in [-0.25, -0.2) is 0 Å². The Morgan fingerprint density at radius 3 is 2.19 bits per heavy atom. The van der Waals surface area contributed by atoms with Crippen molar-refractivity contribution >= 4 is 29.0 Å². The van der Waals surface area contributed by atoms with Gasteiger partial charge in [-0.05, 0) is 24.3 Å². The summed E-state index contributed by atoms with van der Waals surface area (Å²) in [5.74, 6) is -1.02. The molecule has 2 N–H and O–H groups in total. The molecule has 106 valence electrons. The number of para-hydroxylation sites is 2. The van der Waals surface area contributed by atoms with Crippen LogP contribution in [0.15, 0.2) is 54.6 Å². The molecule has 5 heteroatoms. The molecule has 2 aromatic rings. The highest BCUT2D eigenvalue weighted by molar-refractivity contribution is 6.51. The van der Waals surface area contributed by atoms with E-state index in [0.717, 1.165) is 5.69 Å². The maximum Gasteiger partial charge on any atom is 0.296 e. The van der Waals surface area contributed by atoms with Crippen LogP contribution in [-0.4, -0.2) is 17.6 Å². The molecule has 0 unspecified atom stereocenters. The Hall–Kier alpha value is -2.95. The molecule has 0 saturated heterocycles. The van der Waals surface area contributed by atoms with Crippen LogP contribution in [0, 0.1) is 0 Å². The molecule has 0 bridgehead atoms. The Morgan fingerprint density at radius 1 is 0.952 bits per heavy atom. The predicted octanol–water partition coefficient (Wildman–Crippen LogP) is 2.47. The van der Waals surface area contributed by atoms with Crippen molar-refractivity contribution < 1.29 is 14.4 Å². The van der Waals surface area contributed by atoms with Crippen molar-refractivity contribution in [1.29, 1.82) is 0 Å². The van der Waals surface area contributed by atoms with Crippen LogP contribution >= 0.6 is 0 Å². The van der Waals surface area contributed by atoms with Gasteiger partial charge in [-0.15, -0.1) is 0 Å². The lowest BCUT2D eigenvalue weighted by Gasteiger charge is -1.98. The summed E-state index contributed by atoms with van der Waals surface area (Å²) in [6, 6.07) is 16.2. The van der Waals surface area contributed by atoms with Gasteiger partial charge < -0.3 is 10.6 Å². The highest BCUT2D eigenvalue weighted by Crippen LogP contribution is 2.21. The van der Waals surface area contributed by atoms with E-state index >= 15 is 0 Å². The van der Waals surface area contributed by atoms with Crippen LogP contribution in [0.5, 0.6) is 0 Å². The van der Waals surface area contributed by atoms with Gasteiger partial charge in [0, 0.05) is 12.6 Å². The highest BCUT2D eigenvalue weighted by Gasteiger charge is 2.26. The second-order valence-corrected chi connectivity index (χ2v) is 4.38. The highest BCUT2D eigenvalue weighted by atomic mass is 16.2. The van der Waals surface area contributed by atoms with Crippen LogP contribution in [0.1, 0.15) is 17.3 Å². The fourth-order valence-corrected chi connectivity index (χ4v) is 1.82. The number of Topliss-reactive ketones (excluding diaryl/α,β-unsaturated/α-hetero) is 1. The first kappa shape index (κ1) is 14.5. The maximum absolute atomic E-state index is 11.0. The van der Waals surface area contributed by atoms with Crippen LogP contribution in [0.3, 0.4) is 0 Å². The third-order valence-corrected chi connectivity index (χ3v) is 2.72. The Labute approximate surface area is 122 Å². The summed E-state index contributed by atoms with van der Waals surface area (Å²) in [6.45, 7) is 1.49. The number of carbonyl (C=O) groups excluding carboxylic acids is 3. The second kappa shape index (κ2) is 6.47. The molecule has 0 atom stereocenters. The number of amides is 2. The molecule has 1 aliphatic heterocycles. The third-order valence-electron chi connectivity index (χ3n) is 2.72. The Kier molecular flexibility index (Phi) is 4.46. The number of anilines is 2. The first-order valence-corrected chi connectivity index (χ1v) is 6.35. The van der Waals surface area contributed by atoms with E-state index in [-0.39, 0.29) is 5.91 Å². The minimum Gasteiger partial charge on any atom is -0.326 e. The van der Waals surface area contributed by atoms with Crippen molar-refractivity contribution in [3.63, 3.8) is 0 Å². The number of rotatable bonds is 1. The van der Waals surface area contributed by atoms with E-state index in [1.807, 2.05) is 30.3 Å². The van der Waals surface area contributed by atoms with E-state index in [4.69, 9.17) is 0 Å². The minimum absolute atomic E-state index is 0.0359. The molecule has 2 amide bonds. The van der Waals surface area contributed by atoms with E-state index in [9.17, 15) is 14.4 Å². The van der Waals surface area contributed by atoms with Gasteiger partial charge >= 0.3 is 0 Å². The van der Waals surface area contributed by atoms with Gasteiger partial charge in [-0.1, -0.05) is 30.3 Å². The molecule has 0 aliphatic carbocycles. The van der Waals surface area contributed by atoms with E-state index in [1.54, 1.807) is 24.3 Å². The molecule has 1 aliphatic rings. The quantitative estimate of drug-likeness (QED) is 0.789. The topological polar surface area (TPSA) is 75.3 Å². The molecule has 1 heterocycles. The number of benzene rings is 2. The standard InChI is InChI=1S/C8H5NO2.C8H9NO/c10-7-5-3-1-2-4-6(5)9-8(7)11;1-7(10)9-8-5-3-2-4-6-8/h1-4H,(H,9,10,11);2-6H,1H3,(H,9,10). The maximum atomic E-state index is 11.0. The van der Waals surface area contributed by atoms with Gasteiger partial charge in [0.05, 0.1) is 11.3 Å². The van der Waals surface area contributed by atoms with Crippen molar-refractivity contribution in [3.8, 4) is 0 Å². The molecule has 0 fully saturated rings. The molecule has 0 saturated carbocycles. The largest absolute Gasteiger partial charge is 0.326 e. The first-order chi connectivity index (χ1) is 10.1. The van der Waals surface area contributed by atoms with Crippen LogP contribution < -0.4 is 10.6 Å². The van der Waals surface area contributed by atoms with Gasteiger partial charge in [0.25, 0.3) is 11.7 Å². The van der Waals surface area contributed by atoms with Crippen LogP contribution in [0.2, 0.25) is 0 Å². The summed E-state index contributed by atoms with van der Waals surface area (Å²) in [5.41, 5.74) is 1.93. The first-order valence-electron chi connectivity index (χ1n) is 6.35. The smallest absolute Gasteiger partial charge is 0.296 e. The zero-order valence-electron chi connectivity index (χ0n) is 11.4. The predicted molar refractivity (Wildman–Crippen MR) is 80.1 cm³/mol. The summed E-state index contributed by atoms with van der Waals surface area (Å²) < 4.78 is 0. The Balaban J connectivity index is 0.000000155.